The van der Waals surface area contributed by atoms with Gasteiger partial charge >= 0.3 is 41.5 Å². The average Bonchev–Trinajstić information content (AvgIpc) is 2.64. The van der Waals surface area contributed by atoms with Gasteiger partial charge in [-0.2, -0.15) is 0 Å². The van der Waals surface area contributed by atoms with Crippen LogP contribution in [-0.2, 0) is 9.59 Å². The second kappa shape index (κ2) is 28.8. The predicted molar refractivity (Wildman–Crippen MR) is 112 cm³/mol. The number of carboxylic acid groups (broad SMARTS) is 2. The van der Waals surface area contributed by atoms with Crippen LogP contribution in [0.25, 0.3) is 0 Å². The van der Waals surface area contributed by atoms with E-state index in [-0.39, 0.29) is 31.0 Å². The molecule has 162 valence electrons. The topological polar surface area (TPSA) is 94.8 Å². The van der Waals surface area contributed by atoms with E-state index in [1.54, 1.807) is 0 Å². The summed E-state index contributed by atoms with van der Waals surface area (Å²) >= 11 is 0. The zero-order valence-corrected chi connectivity index (χ0v) is 20.3. The molecule has 0 spiro atoms. The zero-order chi connectivity index (χ0) is 20.6. The quantitative estimate of drug-likeness (QED) is 0.183. The molecule has 0 aliphatic rings. The third-order valence-electron chi connectivity index (χ3n) is 4.38. The molecular weight excluding hydrogens is 367 g/mol. The van der Waals surface area contributed by atoms with E-state index in [0.717, 1.165) is 6.42 Å². The molecule has 0 rings (SSSR count). The minimum Gasteiger partial charge on any atom is -1.00 e. The van der Waals surface area contributed by atoms with E-state index in [9.17, 15) is 9.59 Å². The molecule has 0 aromatic carbocycles. The van der Waals surface area contributed by atoms with Crippen molar-refractivity contribution in [3.05, 3.63) is 12.2 Å². The van der Waals surface area contributed by atoms with E-state index in [1.165, 1.54) is 96.3 Å². The first-order valence-electron chi connectivity index (χ1n) is 10.8. The number of hydrogen-bond donors (Lipinski definition) is 3. The van der Waals surface area contributed by atoms with Crippen LogP contribution in [0, 0.1) is 0 Å². The number of hydrogen-bond acceptors (Lipinski definition) is 3. The molecule has 0 atom stereocenters. The molecule has 6 heteroatoms. The zero-order valence-electron chi connectivity index (χ0n) is 19.3. The smallest absolute Gasteiger partial charge is 1.00 e. The van der Waals surface area contributed by atoms with Gasteiger partial charge in [0.05, 0.1) is 0 Å². The van der Waals surface area contributed by atoms with Crippen LogP contribution in [-0.4, -0.2) is 33.9 Å². The van der Waals surface area contributed by atoms with Crippen molar-refractivity contribution in [2.75, 3.05) is 6.61 Å². The van der Waals surface area contributed by atoms with Crippen LogP contribution in [0.3, 0.4) is 0 Å². The SMILES string of the molecule is CCCCCCCCCCCCCCCCCCO.O=C(O)/C=C/C(=O)O.[H-].[Na+]. The summed E-state index contributed by atoms with van der Waals surface area (Å²) in [5, 5.41) is 24.3. The van der Waals surface area contributed by atoms with Gasteiger partial charge in [-0.1, -0.05) is 103 Å². The van der Waals surface area contributed by atoms with Crippen LogP contribution >= 0.6 is 0 Å². The molecule has 0 saturated carbocycles. The van der Waals surface area contributed by atoms with Gasteiger partial charge < -0.3 is 16.7 Å². The summed E-state index contributed by atoms with van der Waals surface area (Å²) < 4.78 is 0. The minimum absolute atomic E-state index is 0. The van der Waals surface area contributed by atoms with Crippen molar-refractivity contribution < 1.29 is 55.9 Å². The molecule has 5 nitrogen and oxygen atoms in total. The Balaban J connectivity index is -0.000000267. The number of aliphatic carboxylic acids is 2. The van der Waals surface area contributed by atoms with Gasteiger partial charge in [0.15, 0.2) is 0 Å². The van der Waals surface area contributed by atoms with Crippen LogP contribution in [0.4, 0.5) is 0 Å². The molecule has 0 fully saturated rings. The van der Waals surface area contributed by atoms with Crippen LogP contribution in [0.2, 0.25) is 0 Å². The number of aliphatic hydroxyl groups is 1. The van der Waals surface area contributed by atoms with Crippen molar-refractivity contribution in [1.29, 1.82) is 0 Å². The van der Waals surface area contributed by atoms with E-state index in [4.69, 9.17) is 15.3 Å². The van der Waals surface area contributed by atoms with Gasteiger partial charge in [0, 0.05) is 18.8 Å². The Bertz CT molecular complexity index is 333. The molecule has 0 radical (unpaired) electrons. The van der Waals surface area contributed by atoms with Gasteiger partial charge in [-0.05, 0) is 6.42 Å². The normalized spacial score (nSPS) is 10.2. The minimum atomic E-state index is -1.26. The monoisotopic (exact) mass is 410 g/mol. The van der Waals surface area contributed by atoms with Gasteiger partial charge in [0.2, 0.25) is 0 Å². The van der Waals surface area contributed by atoms with Crippen molar-refractivity contribution in [2.24, 2.45) is 0 Å². The van der Waals surface area contributed by atoms with Crippen LogP contribution in [0.15, 0.2) is 12.2 Å². The summed E-state index contributed by atoms with van der Waals surface area (Å²) in [6.07, 6.45) is 23.3. The van der Waals surface area contributed by atoms with Crippen molar-refractivity contribution in [2.45, 2.75) is 110 Å². The van der Waals surface area contributed by atoms with Crippen molar-refractivity contribution >= 4 is 11.9 Å². The predicted octanol–water partition coefficient (Wildman–Crippen LogP) is 3.07. The number of unbranched alkanes of at least 4 members (excludes halogenated alkanes) is 15. The molecule has 3 N–H and O–H groups in total. The van der Waals surface area contributed by atoms with Gasteiger partial charge in [0.1, 0.15) is 0 Å². The number of aliphatic hydroxyl groups excluding tert-OH is 1. The van der Waals surface area contributed by atoms with Crippen molar-refractivity contribution in [1.82, 2.24) is 0 Å². The molecule has 0 amide bonds. The Hall–Kier alpha value is -0.360. The second-order valence-electron chi connectivity index (χ2n) is 7.04. The molecule has 0 heterocycles. The summed E-state index contributed by atoms with van der Waals surface area (Å²) in [5.74, 6) is -2.51. The largest absolute Gasteiger partial charge is 1.00 e. The fourth-order valence-electron chi connectivity index (χ4n) is 2.80. The maximum Gasteiger partial charge on any atom is 1.00 e. The Labute approximate surface area is 195 Å². The Kier molecular flexibility index (Phi) is 33.3. The van der Waals surface area contributed by atoms with Crippen molar-refractivity contribution in [3.8, 4) is 0 Å². The third kappa shape index (κ3) is 36.5. The molecule has 28 heavy (non-hydrogen) atoms. The summed E-state index contributed by atoms with van der Waals surface area (Å²) in [6.45, 7) is 2.66. The first-order valence-corrected chi connectivity index (χ1v) is 10.8. The summed E-state index contributed by atoms with van der Waals surface area (Å²) in [6, 6.07) is 0. The van der Waals surface area contributed by atoms with Crippen LogP contribution in [0.1, 0.15) is 111 Å². The molecule has 0 bridgehead atoms. The van der Waals surface area contributed by atoms with Crippen LogP contribution < -0.4 is 29.6 Å². The van der Waals surface area contributed by atoms with E-state index >= 15 is 0 Å². The molecule has 0 unspecified atom stereocenters. The standard InChI is InChI=1S/C18H38O.C4H4O4.Na.H/c1-2-3-4-5-6-7-8-9-10-11-12-13-14-15-16-17-18-19;5-3(6)1-2-4(7)8;;/h19H,2-18H2,1H3;1-2H,(H,5,6)(H,7,8);;/q;;+1;-1/b;2-1+;;. The van der Waals surface area contributed by atoms with Gasteiger partial charge in [-0.3, -0.25) is 0 Å². The van der Waals surface area contributed by atoms with Gasteiger partial charge in [-0.15, -0.1) is 0 Å². The van der Waals surface area contributed by atoms with Gasteiger partial charge in [-0.25, -0.2) is 9.59 Å². The fraction of sp³-hybridized carbons (Fsp3) is 0.818. The molecule has 0 aliphatic carbocycles. The number of rotatable bonds is 18. The first kappa shape index (κ1) is 32.3. The molecular formula is C22H43NaO5. The maximum absolute atomic E-state index is 9.55. The molecule has 0 saturated heterocycles. The Morgan fingerprint density at radius 2 is 0.857 bits per heavy atom. The molecule has 0 aromatic heterocycles. The van der Waals surface area contributed by atoms with E-state index < -0.39 is 11.9 Å². The summed E-state index contributed by atoms with van der Waals surface area (Å²) in [5.41, 5.74) is 0. The van der Waals surface area contributed by atoms with Gasteiger partial charge in [0.25, 0.3) is 0 Å². The Morgan fingerprint density at radius 3 is 1.07 bits per heavy atom. The first-order chi connectivity index (χ1) is 13.0. The van der Waals surface area contributed by atoms with Crippen LogP contribution in [0.5, 0.6) is 0 Å². The maximum atomic E-state index is 9.55. The number of carbonyl (C=O) groups is 2. The molecule has 0 aromatic rings. The molecule has 0 aliphatic heterocycles. The summed E-state index contributed by atoms with van der Waals surface area (Å²) in [4.78, 5) is 19.1. The third-order valence-corrected chi connectivity index (χ3v) is 4.38. The van der Waals surface area contributed by atoms with E-state index in [0.29, 0.717) is 18.8 Å². The average molecular weight is 411 g/mol. The fourth-order valence-corrected chi connectivity index (χ4v) is 2.80. The number of carboxylic acids is 2. The summed E-state index contributed by atoms with van der Waals surface area (Å²) in [7, 11) is 0. The Morgan fingerprint density at radius 1 is 0.607 bits per heavy atom. The second-order valence-corrected chi connectivity index (χ2v) is 7.04. The van der Waals surface area contributed by atoms with E-state index in [2.05, 4.69) is 6.92 Å². The van der Waals surface area contributed by atoms with Crippen molar-refractivity contribution in [3.63, 3.8) is 0 Å². The van der Waals surface area contributed by atoms with E-state index in [1.807, 2.05) is 0 Å².